The number of anilines is 1. The lowest BCUT2D eigenvalue weighted by Gasteiger charge is -2.10. The Morgan fingerprint density at radius 1 is 1.22 bits per heavy atom. The average molecular weight is 325 g/mol. The number of hydrogen-bond donors (Lipinski definition) is 3. The Labute approximate surface area is 126 Å². The summed E-state index contributed by atoms with van der Waals surface area (Å²) in [5.74, 6) is -1.13. The van der Waals surface area contributed by atoms with Gasteiger partial charge in [0.05, 0.1) is 17.0 Å². The Balaban J connectivity index is 2.22. The number of alkyl halides is 3. The van der Waals surface area contributed by atoms with E-state index in [9.17, 15) is 13.2 Å². The molecule has 2 aromatic rings. The van der Waals surface area contributed by atoms with Crippen LogP contribution in [0.1, 0.15) is 11.3 Å². The lowest BCUT2D eigenvalue weighted by molar-refractivity contribution is -0.0864. The molecule has 0 atom stereocenters. The summed E-state index contributed by atoms with van der Waals surface area (Å²) < 4.78 is 43.6. The normalized spacial score (nSPS) is 18.5. The van der Waals surface area contributed by atoms with Crippen LogP contribution in [0.3, 0.4) is 0 Å². The first kappa shape index (κ1) is 14.9. The maximum Gasteiger partial charge on any atom is 0.419 e. The van der Waals surface area contributed by atoms with E-state index in [0.717, 1.165) is 6.08 Å². The van der Waals surface area contributed by atoms with Gasteiger partial charge in [0.1, 0.15) is 5.84 Å². The van der Waals surface area contributed by atoms with Gasteiger partial charge in [0.2, 0.25) is 5.65 Å². The van der Waals surface area contributed by atoms with Gasteiger partial charge in [0, 0.05) is 18.4 Å². The first-order chi connectivity index (χ1) is 10.8. The van der Waals surface area contributed by atoms with Crippen LogP contribution in [0.15, 0.2) is 21.3 Å². The molecule has 0 spiro atoms. The second-order valence-electron chi connectivity index (χ2n) is 4.84. The van der Waals surface area contributed by atoms with Gasteiger partial charge in [0.25, 0.3) is 0 Å². The molecule has 11 heteroatoms. The summed E-state index contributed by atoms with van der Waals surface area (Å²) in [5, 5.41) is 14.6. The number of allylic oxidation sites excluding steroid dienone is 1. The number of nitrogen functional groups attached to an aromatic ring is 1. The number of pyridine rings is 1. The highest BCUT2D eigenvalue weighted by molar-refractivity contribution is 6.06. The molecule has 0 amide bonds. The van der Waals surface area contributed by atoms with Crippen molar-refractivity contribution >= 4 is 28.5 Å². The zero-order chi connectivity index (χ0) is 16.8. The SMILES string of the molecule is N=C1N=C(N)Cc2c(nc3nonc3c2N)C/C=C\1C(F)(F)F. The summed E-state index contributed by atoms with van der Waals surface area (Å²) in [6.45, 7) is 0. The molecule has 0 aliphatic carbocycles. The monoisotopic (exact) mass is 325 g/mol. The van der Waals surface area contributed by atoms with E-state index in [4.69, 9.17) is 16.9 Å². The van der Waals surface area contributed by atoms with Crippen molar-refractivity contribution in [2.45, 2.75) is 19.0 Å². The van der Waals surface area contributed by atoms with Gasteiger partial charge in [-0.3, -0.25) is 5.41 Å². The van der Waals surface area contributed by atoms with E-state index in [0.29, 0.717) is 5.56 Å². The van der Waals surface area contributed by atoms with Gasteiger partial charge in [-0.2, -0.15) is 13.2 Å². The number of amidine groups is 2. The number of fused-ring (bicyclic) bond motifs is 2. The van der Waals surface area contributed by atoms with Gasteiger partial charge in [-0.1, -0.05) is 6.08 Å². The second-order valence-corrected chi connectivity index (χ2v) is 4.84. The molecule has 120 valence electrons. The molecule has 23 heavy (non-hydrogen) atoms. The fourth-order valence-corrected chi connectivity index (χ4v) is 2.26. The summed E-state index contributed by atoms with van der Waals surface area (Å²) in [6.07, 6.45) is -4.16. The number of nitrogens with zero attached hydrogens (tertiary/aromatic N) is 4. The van der Waals surface area contributed by atoms with Crippen LogP contribution in [0.2, 0.25) is 0 Å². The molecule has 0 unspecified atom stereocenters. The molecule has 1 aliphatic heterocycles. The van der Waals surface area contributed by atoms with Crippen molar-refractivity contribution in [1.82, 2.24) is 15.3 Å². The second kappa shape index (κ2) is 5.04. The van der Waals surface area contributed by atoms with E-state index in [2.05, 4.69) is 24.9 Å². The van der Waals surface area contributed by atoms with Crippen LogP contribution in [0.25, 0.3) is 11.2 Å². The van der Waals surface area contributed by atoms with Crippen molar-refractivity contribution in [3.8, 4) is 0 Å². The molecule has 0 radical (unpaired) electrons. The van der Waals surface area contributed by atoms with Crippen LogP contribution in [0.5, 0.6) is 0 Å². The molecule has 2 aromatic heterocycles. The smallest absolute Gasteiger partial charge is 0.396 e. The maximum absolute atomic E-state index is 13.0. The number of nitrogens with one attached hydrogen (secondary N) is 1. The predicted octanol–water partition coefficient (Wildman–Crippen LogP) is 1.12. The van der Waals surface area contributed by atoms with Crippen LogP contribution < -0.4 is 11.5 Å². The number of hydrogen-bond acceptors (Lipinski definition) is 7. The lowest BCUT2D eigenvalue weighted by Crippen LogP contribution is -2.22. The van der Waals surface area contributed by atoms with E-state index in [-0.39, 0.29) is 41.2 Å². The molecule has 5 N–H and O–H groups in total. The number of rotatable bonds is 0. The molecule has 0 aromatic carbocycles. The molecule has 8 nitrogen and oxygen atoms in total. The van der Waals surface area contributed by atoms with Gasteiger partial charge in [-0.05, 0) is 10.3 Å². The third kappa shape index (κ3) is 2.60. The molecule has 1 aliphatic rings. The molecule has 3 heterocycles. The fourth-order valence-electron chi connectivity index (χ4n) is 2.26. The Bertz CT molecular complexity index is 865. The predicted molar refractivity (Wildman–Crippen MR) is 74.9 cm³/mol. The zero-order valence-corrected chi connectivity index (χ0v) is 11.5. The summed E-state index contributed by atoms with van der Waals surface area (Å²) >= 11 is 0. The number of aromatic nitrogens is 3. The lowest BCUT2D eigenvalue weighted by atomic mass is 10.0. The van der Waals surface area contributed by atoms with E-state index < -0.39 is 17.6 Å². The van der Waals surface area contributed by atoms with Crippen LogP contribution in [0, 0.1) is 5.41 Å². The Hall–Kier alpha value is -2.98. The highest BCUT2D eigenvalue weighted by Crippen LogP contribution is 2.30. The molecular weight excluding hydrogens is 315 g/mol. The van der Waals surface area contributed by atoms with E-state index in [1.54, 1.807) is 0 Å². The average Bonchev–Trinajstić information content (AvgIpc) is 2.90. The summed E-state index contributed by atoms with van der Waals surface area (Å²) in [4.78, 5) is 7.61. The molecule has 0 bridgehead atoms. The van der Waals surface area contributed by atoms with Crippen molar-refractivity contribution in [1.29, 1.82) is 5.41 Å². The van der Waals surface area contributed by atoms with Crippen LogP contribution in [-0.2, 0) is 12.8 Å². The summed E-state index contributed by atoms with van der Waals surface area (Å²) in [7, 11) is 0. The standard InChI is InChI=1S/C12H10F3N7O/c13-12(14,15)5-1-2-6-4(3-7(16)20-10(5)18)8(17)9-11(19-6)22-23-21-9/h1H,2-3,17H2,(H3,16,18,20)/b5-1+. The Kier molecular flexibility index (Phi) is 3.27. The fraction of sp³-hybridized carbons (Fsp3) is 0.250. The van der Waals surface area contributed by atoms with Gasteiger partial charge in [0.15, 0.2) is 11.4 Å². The van der Waals surface area contributed by atoms with E-state index in [1.807, 2.05) is 0 Å². The van der Waals surface area contributed by atoms with Crippen LogP contribution >= 0.6 is 0 Å². The third-order valence-corrected chi connectivity index (χ3v) is 3.31. The van der Waals surface area contributed by atoms with E-state index in [1.165, 1.54) is 0 Å². The van der Waals surface area contributed by atoms with E-state index >= 15 is 0 Å². The van der Waals surface area contributed by atoms with Crippen LogP contribution in [0.4, 0.5) is 18.9 Å². The first-order valence-corrected chi connectivity index (χ1v) is 6.36. The molecule has 3 rings (SSSR count). The third-order valence-electron chi connectivity index (χ3n) is 3.31. The largest absolute Gasteiger partial charge is 0.419 e. The minimum absolute atomic E-state index is 0.0572. The number of aliphatic imine (C=N–C) groups is 1. The van der Waals surface area contributed by atoms with Gasteiger partial charge >= 0.3 is 6.18 Å². The highest BCUT2D eigenvalue weighted by atomic mass is 19.4. The van der Waals surface area contributed by atoms with Gasteiger partial charge in [-0.15, -0.1) is 0 Å². The van der Waals surface area contributed by atoms with Crippen molar-refractivity contribution < 1.29 is 17.8 Å². The van der Waals surface area contributed by atoms with Crippen molar-refractivity contribution in [3.63, 3.8) is 0 Å². The number of halogens is 3. The van der Waals surface area contributed by atoms with Crippen molar-refractivity contribution in [3.05, 3.63) is 22.9 Å². The Morgan fingerprint density at radius 2 is 1.96 bits per heavy atom. The Morgan fingerprint density at radius 3 is 2.65 bits per heavy atom. The number of nitrogens with two attached hydrogens (primary N) is 2. The maximum atomic E-state index is 13.0. The quantitative estimate of drug-likeness (QED) is 0.663. The topological polar surface area (TPSA) is 140 Å². The van der Waals surface area contributed by atoms with Crippen molar-refractivity contribution in [2.24, 2.45) is 10.7 Å². The molecule has 0 fully saturated rings. The minimum atomic E-state index is -4.73. The van der Waals surface area contributed by atoms with Gasteiger partial charge in [-0.25, -0.2) is 14.6 Å². The highest BCUT2D eigenvalue weighted by Gasteiger charge is 2.37. The summed E-state index contributed by atoms with van der Waals surface area (Å²) in [5.41, 5.74) is 11.5. The minimum Gasteiger partial charge on any atom is -0.396 e. The van der Waals surface area contributed by atoms with Crippen LogP contribution in [-0.4, -0.2) is 33.1 Å². The first-order valence-electron chi connectivity index (χ1n) is 6.36. The zero-order valence-electron chi connectivity index (χ0n) is 11.5. The molecular formula is C12H10F3N7O. The van der Waals surface area contributed by atoms with Crippen molar-refractivity contribution in [2.75, 3.05) is 5.73 Å². The molecule has 0 saturated heterocycles. The van der Waals surface area contributed by atoms with Gasteiger partial charge < -0.3 is 11.5 Å². The molecule has 0 saturated carbocycles. The summed E-state index contributed by atoms with van der Waals surface area (Å²) in [6, 6.07) is 0.